The quantitative estimate of drug-likeness (QED) is 0.835. The van der Waals surface area contributed by atoms with Gasteiger partial charge in [0.1, 0.15) is 0 Å². The van der Waals surface area contributed by atoms with Crippen LogP contribution in [0.15, 0.2) is 28.9 Å². The van der Waals surface area contributed by atoms with E-state index in [2.05, 4.69) is 25.9 Å². The Morgan fingerprint density at radius 3 is 2.93 bits per heavy atom. The van der Waals surface area contributed by atoms with Crippen molar-refractivity contribution in [1.82, 2.24) is 9.97 Å². The molecule has 0 fully saturated rings. The average molecular weight is 252 g/mol. The Hall–Kier alpha value is -1.49. The van der Waals surface area contributed by atoms with E-state index in [0.29, 0.717) is 5.52 Å². The highest BCUT2D eigenvalue weighted by Crippen LogP contribution is 2.17. The van der Waals surface area contributed by atoms with Crippen LogP contribution in [0.5, 0.6) is 0 Å². The van der Waals surface area contributed by atoms with Gasteiger partial charge in [0.05, 0.1) is 5.52 Å². The molecule has 14 heavy (non-hydrogen) atoms. The van der Waals surface area contributed by atoms with E-state index >= 15 is 0 Å². The smallest absolute Gasteiger partial charge is 0.286 e. The van der Waals surface area contributed by atoms with Gasteiger partial charge in [-0.3, -0.25) is 4.79 Å². The van der Waals surface area contributed by atoms with Crippen LogP contribution in [0.2, 0.25) is 0 Å². The molecule has 70 valence electrons. The second kappa shape index (κ2) is 3.34. The number of amides is 1. The van der Waals surface area contributed by atoms with Gasteiger partial charge in [0.15, 0.2) is 0 Å². The van der Waals surface area contributed by atoms with Crippen molar-refractivity contribution in [1.29, 1.82) is 0 Å². The predicted octanol–water partition coefficient (Wildman–Crippen LogP) is 1.49. The summed E-state index contributed by atoms with van der Waals surface area (Å²) in [4.78, 5) is 18.7. The maximum Gasteiger partial charge on any atom is 0.286 e. The van der Waals surface area contributed by atoms with Crippen LogP contribution in [-0.2, 0) is 0 Å². The highest BCUT2D eigenvalue weighted by Gasteiger charge is 2.04. The molecule has 2 N–H and O–H groups in total. The molecule has 0 radical (unpaired) electrons. The molecule has 0 aliphatic carbocycles. The molecular formula is C9H6BrN3O. The minimum absolute atomic E-state index is 0.0376. The first-order valence-corrected chi connectivity index (χ1v) is 4.68. The standard InChI is InChI=1S/C9H6BrN3O/c10-6-2-1-5-4-12-9(8(11)14)13-7(5)3-6/h1-4H,(H2,11,14). The zero-order chi connectivity index (χ0) is 10.1. The van der Waals surface area contributed by atoms with E-state index in [0.717, 1.165) is 9.86 Å². The van der Waals surface area contributed by atoms with Crippen LogP contribution in [-0.4, -0.2) is 15.9 Å². The number of fused-ring (bicyclic) bond motifs is 1. The van der Waals surface area contributed by atoms with E-state index in [1.54, 1.807) is 6.20 Å². The fourth-order valence-electron chi connectivity index (χ4n) is 1.12. The lowest BCUT2D eigenvalue weighted by Gasteiger charge is -1.98. The number of primary amides is 1. The van der Waals surface area contributed by atoms with Gasteiger partial charge < -0.3 is 5.73 Å². The number of carbonyl (C=O) groups excluding carboxylic acids is 1. The number of aromatic nitrogens is 2. The number of benzene rings is 1. The molecule has 0 unspecified atom stereocenters. The lowest BCUT2D eigenvalue weighted by molar-refractivity contribution is 0.0991. The van der Waals surface area contributed by atoms with Gasteiger partial charge in [-0.2, -0.15) is 0 Å². The van der Waals surface area contributed by atoms with E-state index in [1.807, 2.05) is 18.2 Å². The molecule has 1 amide bonds. The Morgan fingerprint density at radius 1 is 1.43 bits per heavy atom. The fourth-order valence-corrected chi connectivity index (χ4v) is 1.46. The fraction of sp³-hybridized carbons (Fsp3) is 0. The highest BCUT2D eigenvalue weighted by molar-refractivity contribution is 9.10. The minimum atomic E-state index is -0.619. The average Bonchev–Trinajstić information content (AvgIpc) is 2.16. The molecule has 1 aromatic heterocycles. The van der Waals surface area contributed by atoms with Gasteiger partial charge in [-0.1, -0.05) is 22.0 Å². The molecular weight excluding hydrogens is 246 g/mol. The van der Waals surface area contributed by atoms with Crippen molar-refractivity contribution < 1.29 is 4.79 Å². The topological polar surface area (TPSA) is 68.9 Å². The molecule has 0 bridgehead atoms. The van der Waals surface area contributed by atoms with E-state index < -0.39 is 5.91 Å². The molecule has 0 spiro atoms. The van der Waals surface area contributed by atoms with Crippen molar-refractivity contribution in [2.75, 3.05) is 0 Å². The van der Waals surface area contributed by atoms with Crippen LogP contribution in [0, 0.1) is 0 Å². The Kier molecular flexibility index (Phi) is 2.17. The molecule has 0 atom stereocenters. The zero-order valence-corrected chi connectivity index (χ0v) is 8.65. The van der Waals surface area contributed by atoms with Crippen molar-refractivity contribution in [2.45, 2.75) is 0 Å². The number of nitrogens with two attached hydrogens (primary N) is 1. The van der Waals surface area contributed by atoms with Gasteiger partial charge in [0.25, 0.3) is 5.91 Å². The molecule has 1 heterocycles. The number of nitrogens with zero attached hydrogens (tertiary/aromatic N) is 2. The van der Waals surface area contributed by atoms with Crippen molar-refractivity contribution in [3.8, 4) is 0 Å². The summed E-state index contributed by atoms with van der Waals surface area (Å²) in [5, 5.41) is 0.873. The second-order valence-corrected chi connectivity index (χ2v) is 3.68. The van der Waals surface area contributed by atoms with E-state index in [4.69, 9.17) is 5.73 Å². The van der Waals surface area contributed by atoms with E-state index in [9.17, 15) is 4.79 Å². The molecule has 0 saturated carbocycles. The lowest BCUT2D eigenvalue weighted by atomic mass is 10.2. The van der Waals surface area contributed by atoms with Gasteiger partial charge in [0.2, 0.25) is 5.82 Å². The van der Waals surface area contributed by atoms with Crippen LogP contribution in [0.25, 0.3) is 10.9 Å². The third-order valence-corrected chi connectivity index (χ3v) is 2.26. The van der Waals surface area contributed by atoms with Gasteiger partial charge in [-0.25, -0.2) is 9.97 Å². The number of hydrogen-bond donors (Lipinski definition) is 1. The SMILES string of the molecule is NC(=O)c1ncc2ccc(Br)cc2n1. The summed E-state index contributed by atoms with van der Waals surface area (Å²) >= 11 is 3.32. The summed E-state index contributed by atoms with van der Waals surface area (Å²) in [6, 6.07) is 5.56. The summed E-state index contributed by atoms with van der Waals surface area (Å²) in [6.07, 6.45) is 1.58. The van der Waals surface area contributed by atoms with Crippen molar-refractivity contribution >= 4 is 32.7 Å². The van der Waals surface area contributed by atoms with Crippen LogP contribution in [0.1, 0.15) is 10.6 Å². The number of carbonyl (C=O) groups is 1. The van der Waals surface area contributed by atoms with Crippen molar-refractivity contribution in [2.24, 2.45) is 5.73 Å². The normalized spacial score (nSPS) is 10.4. The first-order chi connectivity index (χ1) is 6.66. The molecule has 4 nitrogen and oxygen atoms in total. The summed E-state index contributed by atoms with van der Waals surface area (Å²) in [5.74, 6) is -0.581. The van der Waals surface area contributed by atoms with E-state index in [1.165, 1.54) is 0 Å². The summed E-state index contributed by atoms with van der Waals surface area (Å²) < 4.78 is 0.902. The Labute approximate surface area is 88.3 Å². The Bertz CT molecular complexity index is 512. The van der Waals surface area contributed by atoms with Gasteiger partial charge >= 0.3 is 0 Å². The monoisotopic (exact) mass is 251 g/mol. The zero-order valence-electron chi connectivity index (χ0n) is 7.07. The molecule has 0 aliphatic heterocycles. The first kappa shape index (κ1) is 9.08. The summed E-state index contributed by atoms with van der Waals surface area (Å²) in [6.45, 7) is 0. The van der Waals surface area contributed by atoms with Crippen molar-refractivity contribution in [3.63, 3.8) is 0 Å². The third-order valence-electron chi connectivity index (χ3n) is 1.77. The summed E-state index contributed by atoms with van der Waals surface area (Å²) in [7, 11) is 0. The van der Waals surface area contributed by atoms with Crippen LogP contribution < -0.4 is 5.73 Å². The van der Waals surface area contributed by atoms with E-state index in [-0.39, 0.29) is 5.82 Å². The largest absolute Gasteiger partial charge is 0.363 e. The molecule has 0 aliphatic rings. The number of rotatable bonds is 1. The van der Waals surface area contributed by atoms with Crippen molar-refractivity contribution in [3.05, 3.63) is 34.7 Å². The first-order valence-electron chi connectivity index (χ1n) is 3.89. The number of halogens is 1. The molecule has 2 rings (SSSR count). The third kappa shape index (κ3) is 1.58. The Morgan fingerprint density at radius 2 is 2.21 bits per heavy atom. The molecule has 1 aromatic carbocycles. The van der Waals surface area contributed by atoms with Gasteiger partial charge in [-0.15, -0.1) is 0 Å². The maximum absolute atomic E-state index is 10.8. The van der Waals surface area contributed by atoms with Crippen LogP contribution in [0.3, 0.4) is 0 Å². The maximum atomic E-state index is 10.8. The molecule has 2 aromatic rings. The molecule has 5 heteroatoms. The Balaban J connectivity index is 2.69. The lowest BCUT2D eigenvalue weighted by Crippen LogP contribution is -2.14. The molecule has 0 saturated heterocycles. The minimum Gasteiger partial charge on any atom is -0.363 e. The summed E-state index contributed by atoms with van der Waals surface area (Å²) in [5.41, 5.74) is 5.76. The number of hydrogen-bond acceptors (Lipinski definition) is 3. The van der Waals surface area contributed by atoms with Crippen LogP contribution in [0.4, 0.5) is 0 Å². The predicted molar refractivity (Wildman–Crippen MR) is 55.8 cm³/mol. The van der Waals surface area contributed by atoms with Gasteiger partial charge in [0, 0.05) is 16.1 Å². The second-order valence-electron chi connectivity index (χ2n) is 2.76. The highest BCUT2D eigenvalue weighted by atomic mass is 79.9. The van der Waals surface area contributed by atoms with Crippen LogP contribution >= 0.6 is 15.9 Å². The van der Waals surface area contributed by atoms with Gasteiger partial charge in [-0.05, 0) is 12.1 Å².